The fourth-order valence-corrected chi connectivity index (χ4v) is 3.36. The lowest BCUT2D eigenvalue weighted by molar-refractivity contribution is -0.144. The van der Waals surface area contributed by atoms with E-state index in [1.807, 2.05) is 6.92 Å². The molecule has 4 atom stereocenters. The van der Waals surface area contributed by atoms with E-state index in [1.165, 1.54) is 0 Å². The van der Waals surface area contributed by atoms with Crippen LogP contribution in [0.3, 0.4) is 0 Å². The molecule has 4 heteroatoms. The highest BCUT2D eigenvalue weighted by molar-refractivity contribution is 5.70. The van der Waals surface area contributed by atoms with E-state index in [9.17, 15) is 4.79 Å². The second-order valence-electron chi connectivity index (χ2n) is 5.38. The van der Waals surface area contributed by atoms with Gasteiger partial charge in [-0.2, -0.15) is 0 Å². The minimum Gasteiger partial charge on any atom is -0.466 e. The average molecular weight is 240 g/mol. The van der Waals surface area contributed by atoms with E-state index in [0.717, 1.165) is 31.5 Å². The maximum atomic E-state index is 11.5. The van der Waals surface area contributed by atoms with E-state index in [0.29, 0.717) is 25.1 Å². The van der Waals surface area contributed by atoms with Gasteiger partial charge in [0, 0.05) is 18.6 Å². The lowest BCUT2D eigenvalue weighted by atomic mass is 9.95. The molecule has 0 aromatic rings. The molecule has 0 saturated carbocycles. The number of esters is 1. The molecule has 2 rings (SSSR count). The van der Waals surface area contributed by atoms with Crippen molar-refractivity contribution in [3.05, 3.63) is 0 Å². The minimum absolute atomic E-state index is 0.0672. The van der Waals surface area contributed by atoms with E-state index in [-0.39, 0.29) is 5.97 Å². The van der Waals surface area contributed by atoms with Gasteiger partial charge in [0.15, 0.2) is 0 Å². The summed E-state index contributed by atoms with van der Waals surface area (Å²) in [5.41, 5.74) is 0. The van der Waals surface area contributed by atoms with Crippen LogP contribution in [-0.2, 0) is 9.53 Å². The minimum atomic E-state index is -0.0672. The van der Waals surface area contributed by atoms with Crippen molar-refractivity contribution < 1.29 is 9.53 Å². The predicted molar refractivity (Wildman–Crippen MR) is 66.7 cm³/mol. The molecule has 0 aromatic heterocycles. The van der Waals surface area contributed by atoms with Gasteiger partial charge in [-0.1, -0.05) is 0 Å². The van der Waals surface area contributed by atoms with E-state index < -0.39 is 0 Å². The van der Waals surface area contributed by atoms with Crippen LogP contribution in [-0.4, -0.2) is 49.2 Å². The van der Waals surface area contributed by atoms with Gasteiger partial charge in [0.2, 0.25) is 0 Å². The van der Waals surface area contributed by atoms with Crippen molar-refractivity contribution in [3.63, 3.8) is 0 Å². The Bertz CT molecular complexity index is 283. The molecular weight excluding hydrogens is 216 g/mol. The number of hydrogen-bond donors (Lipinski definition) is 1. The Kier molecular flexibility index (Phi) is 4.05. The number of ether oxygens (including phenoxy) is 1. The zero-order valence-electron chi connectivity index (χ0n) is 11.1. The molecule has 1 N–H and O–H groups in total. The van der Waals surface area contributed by atoms with Gasteiger partial charge in [-0.05, 0) is 45.7 Å². The van der Waals surface area contributed by atoms with Crippen LogP contribution in [0.15, 0.2) is 0 Å². The Morgan fingerprint density at radius 3 is 2.94 bits per heavy atom. The molecule has 2 fully saturated rings. The molecule has 2 aliphatic rings. The monoisotopic (exact) mass is 240 g/mol. The van der Waals surface area contributed by atoms with Crippen LogP contribution >= 0.6 is 0 Å². The highest BCUT2D eigenvalue weighted by atomic mass is 16.5. The molecule has 0 radical (unpaired) electrons. The third kappa shape index (κ3) is 2.63. The first kappa shape index (κ1) is 12.8. The van der Waals surface area contributed by atoms with Crippen LogP contribution in [0.4, 0.5) is 0 Å². The van der Waals surface area contributed by atoms with Crippen LogP contribution in [0.2, 0.25) is 0 Å². The van der Waals surface area contributed by atoms with Crippen molar-refractivity contribution in [2.24, 2.45) is 11.8 Å². The number of rotatable bonds is 4. The molecule has 4 unspecified atom stereocenters. The number of nitrogens with zero attached hydrogens (tertiary/aromatic N) is 1. The highest BCUT2D eigenvalue weighted by Crippen LogP contribution is 2.34. The summed E-state index contributed by atoms with van der Waals surface area (Å²) in [4.78, 5) is 14.0. The molecule has 2 saturated heterocycles. The van der Waals surface area contributed by atoms with Crippen molar-refractivity contribution in [1.82, 2.24) is 10.2 Å². The van der Waals surface area contributed by atoms with Gasteiger partial charge in [-0.3, -0.25) is 9.69 Å². The number of carbonyl (C=O) groups is 1. The van der Waals surface area contributed by atoms with Gasteiger partial charge in [0.25, 0.3) is 0 Å². The second kappa shape index (κ2) is 5.36. The number of likely N-dealkylation sites (tertiary alicyclic amines) is 1. The summed E-state index contributed by atoms with van der Waals surface area (Å²) < 4.78 is 5.02. The van der Waals surface area contributed by atoms with E-state index in [1.54, 1.807) is 0 Å². The van der Waals surface area contributed by atoms with Crippen molar-refractivity contribution in [3.8, 4) is 0 Å². The SMILES string of the molecule is CCOC(=O)CC(C)N1CC2CNCC2C1C. The van der Waals surface area contributed by atoms with Gasteiger partial charge in [0.05, 0.1) is 13.0 Å². The van der Waals surface area contributed by atoms with Gasteiger partial charge >= 0.3 is 5.97 Å². The standard InChI is InChI=1S/C13H24N2O2/c1-4-17-13(16)5-9(2)15-8-11-6-14-7-12(11)10(15)3/h9-12,14H,4-8H2,1-3H3. The highest BCUT2D eigenvalue weighted by Gasteiger charge is 2.43. The maximum absolute atomic E-state index is 11.5. The van der Waals surface area contributed by atoms with Crippen LogP contribution < -0.4 is 5.32 Å². The van der Waals surface area contributed by atoms with Crippen LogP contribution in [0, 0.1) is 11.8 Å². The fraction of sp³-hybridized carbons (Fsp3) is 0.923. The summed E-state index contributed by atoms with van der Waals surface area (Å²) in [6, 6.07) is 0.883. The van der Waals surface area contributed by atoms with E-state index in [4.69, 9.17) is 4.74 Å². The normalized spacial score (nSPS) is 34.6. The Morgan fingerprint density at radius 2 is 2.29 bits per heavy atom. The second-order valence-corrected chi connectivity index (χ2v) is 5.38. The first-order chi connectivity index (χ1) is 8.13. The summed E-state index contributed by atoms with van der Waals surface area (Å²) in [5.74, 6) is 1.47. The molecule has 0 spiro atoms. The Hall–Kier alpha value is -0.610. The van der Waals surface area contributed by atoms with Crippen molar-refractivity contribution in [2.45, 2.75) is 39.3 Å². The Balaban J connectivity index is 1.88. The summed E-state index contributed by atoms with van der Waals surface area (Å²) in [6.07, 6.45) is 0.519. The van der Waals surface area contributed by atoms with Gasteiger partial charge in [-0.15, -0.1) is 0 Å². The third-order valence-electron chi connectivity index (χ3n) is 4.31. The van der Waals surface area contributed by atoms with Crippen LogP contribution in [0.5, 0.6) is 0 Å². The first-order valence-corrected chi connectivity index (χ1v) is 6.75. The fourth-order valence-electron chi connectivity index (χ4n) is 3.36. The van der Waals surface area contributed by atoms with Gasteiger partial charge < -0.3 is 10.1 Å². The van der Waals surface area contributed by atoms with Crippen LogP contribution in [0.25, 0.3) is 0 Å². The summed E-state index contributed by atoms with van der Waals surface area (Å²) in [7, 11) is 0. The largest absolute Gasteiger partial charge is 0.466 e. The van der Waals surface area contributed by atoms with Gasteiger partial charge in [-0.25, -0.2) is 0 Å². The summed E-state index contributed by atoms with van der Waals surface area (Å²) >= 11 is 0. The topological polar surface area (TPSA) is 41.6 Å². The lowest BCUT2D eigenvalue weighted by Gasteiger charge is -2.30. The van der Waals surface area contributed by atoms with Crippen molar-refractivity contribution >= 4 is 5.97 Å². The molecule has 0 aromatic carbocycles. The van der Waals surface area contributed by atoms with Gasteiger partial charge in [0.1, 0.15) is 0 Å². The molecule has 2 heterocycles. The number of carbonyl (C=O) groups excluding carboxylic acids is 1. The third-order valence-corrected chi connectivity index (χ3v) is 4.31. The predicted octanol–water partition coefficient (Wildman–Crippen LogP) is 0.868. The summed E-state index contributed by atoms with van der Waals surface area (Å²) in [5, 5.41) is 3.46. The molecule has 0 amide bonds. The first-order valence-electron chi connectivity index (χ1n) is 6.75. The number of hydrogen-bond acceptors (Lipinski definition) is 4. The summed E-state index contributed by atoms with van der Waals surface area (Å²) in [6.45, 7) is 10.2. The number of nitrogens with one attached hydrogen (secondary N) is 1. The van der Waals surface area contributed by atoms with Crippen LogP contribution in [0.1, 0.15) is 27.2 Å². The quantitative estimate of drug-likeness (QED) is 0.740. The van der Waals surface area contributed by atoms with Crippen molar-refractivity contribution in [1.29, 1.82) is 0 Å². The molecule has 17 heavy (non-hydrogen) atoms. The average Bonchev–Trinajstić information content (AvgIpc) is 2.82. The molecule has 98 valence electrons. The number of fused-ring (bicyclic) bond motifs is 1. The smallest absolute Gasteiger partial charge is 0.307 e. The zero-order valence-corrected chi connectivity index (χ0v) is 11.1. The van der Waals surface area contributed by atoms with Crippen molar-refractivity contribution in [2.75, 3.05) is 26.2 Å². The molecule has 2 aliphatic heterocycles. The molecular formula is C13H24N2O2. The molecule has 0 aliphatic carbocycles. The van der Waals surface area contributed by atoms with E-state index >= 15 is 0 Å². The Morgan fingerprint density at radius 1 is 1.53 bits per heavy atom. The molecule has 4 nitrogen and oxygen atoms in total. The maximum Gasteiger partial charge on any atom is 0.307 e. The van der Waals surface area contributed by atoms with E-state index in [2.05, 4.69) is 24.1 Å². The Labute approximate surface area is 104 Å². The molecule has 0 bridgehead atoms. The lowest BCUT2D eigenvalue weighted by Crippen LogP contribution is -2.40. The zero-order chi connectivity index (χ0) is 12.4.